The highest BCUT2D eigenvalue weighted by Gasteiger charge is 2.39. The molecule has 1 amide bonds. The molecule has 0 aliphatic carbocycles. The summed E-state index contributed by atoms with van der Waals surface area (Å²) in [7, 11) is 0. The van der Waals surface area contributed by atoms with Gasteiger partial charge in [0.2, 0.25) is 0 Å². The second kappa shape index (κ2) is 6.57. The number of hydrogen-bond donors (Lipinski definition) is 1. The number of benzene rings is 2. The summed E-state index contributed by atoms with van der Waals surface area (Å²) in [5.41, 5.74) is 8.07. The molecule has 2 atom stereocenters. The lowest BCUT2D eigenvalue weighted by Gasteiger charge is -2.31. The van der Waals surface area contributed by atoms with Crippen molar-refractivity contribution in [2.75, 3.05) is 0 Å². The van der Waals surface area contributed by atoms with Gasteiger partial charge in [-0.15, -0.1) is 0 Å². The Morgan fingerprint density at radius 3 is 2.58 bits per heavy atom. The molecule has 2 heterocycles. The molecule has 0 saturated carbocycles. The third-order valence-electron chi connectivity index (χ3n) is 5.27. The van der Waals surface area contributed by atoms with Gasteiger partial charge >= 0.3 is 0 Å². The van der Waals surface area contributed by atoms with Crippen LogP contribution in [0.2, 0.25) is 0 Å². The molecule has 26 heavy (non-hydrogen) atoms. The van der Waals surface area contributed by atoms with Gasteiger partial charge < -0.3 is 9.91 Å². The zero-order valence-electron chi connectivity index (χ0n) is 14.9. The first kappa shape index (κ1) is 16.8. The number of carbonyl (C=O) groups excluding carboxylic acids is 1. The summed E-state index contributed by atoms with van der Waals surface area (Å²) in [5, 5.41) is 1.91. The molecular formula is C21H22FN3O. The predicted octanol–water partition coefficient (Wildman–Crippen LogP) is 3.58. The molecule has 2 unspecified atom stereocenters. The van der Waals surface area contributed by atoms with Gasteiger partial charge in [-0.3, -0.25) is 4.79 Å². The minimum Gasteiger partial charge on any atom is -0.311 e. The third kappa shape index (κ3) is 3.10. The van der Waals surface area contributed by atoms with Gasteiger partial charge in [0.05, 0.1) is 12.6 Å². The van der Waals surface area contributed by atoms with Crippen LogP contribution in [0.15, 0.2) is 54.9 Å². The van der Waals surface area contributed by atoms with E-state index in [1.54, 1.807) is 23.2 Å². The molecule has 2 aromatic rings. The van der Waals surface area contributed by atoms with E-state index in [4.69, 9.17) is 0 Å². The molecule has 4 nitrogen and oxygen atoms in total. The molecule has 1 N–H and O–H groups in total. The number of fused-ring (bicyclic) bond motifs is 1. The summed E-state index contributed by atoms with van der Waals surface area (Å²) >= 11 is 0. The molecule has 1 saturated heterocycles. The van der Waals surface area contributed by atoms with Gasteiger partial charge in [-0.05, 0) is 54.7 Å². The Morgan fingerprint density at radius 1 is 1.08 bits per heavy atom. The van der Waals surface area contributed by atoms with Gasteiger partial charge in [0, 0.05) is 12.4 Å². The van der Waals surface area contributed by atoms with E-state index in [2.05, 4.69) is 37.5 Å². The van der Waals surface area contributed by atoms with Crippen molar-refractivity contribution in [2.24, 2.45) is 0 Å². The number of halogens is 1. The molecule has 0 aromatic heterocycles. The number of amides is 1. The summed E-state index contributed by atoms with van der Waals surface area (Å²) in [4.78, 5) is 14.6. The SMILES string of the molecule is Cc1ccc(C2CC3C(=O)N(Cc4ccc(F)cc4)C=CN3N2)cc1C. The van der Waals surface area contributed by atoms with Crippen LogP contribution >= 0.6 is 0 Å². The minimum absolute atomic E-state index is 0.0654. The summed E-state index contributed by atoms with van der Waals surface area (Å²) in [6.45, 7) is 4.66. The van der Waals surface area contributed by atoms with Gasteiger partial charge in [-0.25, -0.2) is 9.82 Å². The Labute approximate surface area is 152 Å². The number of hydrogen-bond acceptors (Lipinski definition) is 3. The summed E-state index contributed by atoms with van der Waals surface area (Å²) in [6.07, 6.45) is 4.43. The maximum absolute atomic E-state index is 13.1. The van der Waals surface area contributed by atoms with E-state index in [1.807, 2.05) is 11.2 Å². The fourth-order valence-electron chi connectivity index (χ4n) is 3.55. The van der Waals surface area contributed by atoms with Gasteiger partial charge in [0.25, 0.3) is 5.91 Å². The third-order valence-corrected chi connectivity index (χ3v) is 5.27. The van der Waals surface area contributed by atoms with Crippen molar-refractivity contribution in [3.63, 3.8) is 0 Å². The van der Waals surface area contributed by atoms with Crippen LogP contribution in [-0.4, -0.2) is 21.9 Å². The van der Waals surface area contributed by atoms with Crippen molar-refractivity contribution in [1.29, 1.82) is 0 Å². The van der Waals surface area contributed by atoms with E-state index in [-0.39, 0.29) is 23.8 Å². The van der Waals surface area contributed by atoms with Gasteiger partial charge in [-0.1, -0.05) is 30.3 Å². The average Bonchev–Trinajstić information content (AvgIpc) is 3.07. The van der Waals surface area contributed by atoms with E-state index in [0.29, 0.717) is 6.54 Å². The number of nitrogens with one attached hydrogen (secondary N) is 1. The minimum atomic E-state index is -0.267. The fraction of sp³-hybridized carbons (Fsp3) is 0.286. The molecule has 2 aromatic carbocycles. The normalized spacial score (nSPS) is 22.0. The predicted molar refractivity (Wildman–Crippen MR) is 98.1 cm³/mol. The molecule has 134 valence electrons. The largest absolute Gasteiger partial charge is 0.311 e. The molecule has 0 spiro atoms. The number of hydrazine groups is 1. The summed E-state index contributed by atoms with van der Waals surface area (Å²) in [6, 6.07) is 12.6. The highest BCUT2D eigenvalue weighted by molar-refractivity contribution is 5.84. The van der Waals surface area contributed by atoms with Crippen LogP contribution in [0.25, 0.3) is 0 Å². The second-order valence-electron chi connectivity index (χ2n) is 7.07. The molecular weight excluding hydrogens is 329 g/mol. The maximum Gasteiger partial charge on any atom is 0.251 e. The summed E-state index contributed by atoms with van der Waals surface area (Å²) in [5.74, 6) is -0.202. The Bertz CT molecular complexity index is 862. The standard InChI is InChI=1S/C21H22FN3O/c1-14-3-6-17(11-15(14)2)19-12-20-21(26)24(9-10-25(20)23-19)13-16-4-7-18(22)8-5-16/h3-11,19-20,23H,12-13H2,1-2H3. The second-order valence-corrected chi connectivity index (χ2v) is 7.07. The smallest absolute Gasteiger partial charge is 0.251 e. The maximum atomic E-state index is 13.1. The van der Waals surface area contributed by atoms with Crippen molar-refractivity contribution in [2.45, 2.75) is 38.9 Å². The number of carbonyl (C=O) groups is 1. The first-order valence-electron chi connectivity index (χ1n) is 8.86. The lowest BCUT2D eigenvalue weighted by atomic mass is 9.97. The lowest BCUT2D eigenvalue weighted by molar-refractivity contribution is -0.134. The number of aryl methyl sites for hydroxylation is 2. The highest BCUT2D eigenvalue weighted by Crippen LogP contribution is 2.32. The topological polar surface area (TPSA) is 35.6 Å². The van der Waals surface area contributed by atoms with E-state index >= 15 is 0 Å². The van der Waals surface area contributed by atoms with Gasteiger partial charge in [-0.2, -0.15) is 0 Å². The van der Waals surface area contributed by atoms with E-state index in [9.17, 15) is 9.18 Å². The highest BCUT2D eigenvalue weighted by atomic mass is 19.1. The first-order chi connectivity index (χ1) is 12.5. The zero-order valence-corrected chi connectivity index (χ0v) is 14.9. The van der Waals surface area contributed by atoms with Crippen LogP contribution in [-0.2, 0) is 11.3 Å². The molecule has 4 rings (SSSR count). The molecule has 0 bridgehead atoms. The van der Waals surface area contributed by atoms with E-state index in [0.717, 1.165) is 12.0 Å². The van der Waals surface area contributed by atoms with Crippen LogP contribution in [0.1, 0.15) is 34.7 Å². The fourth-order valence-corrected chi connectivity index (χ4v) is 3.55. The van der Waals surface area contributed by atoms with Gasteiger partial charge in [0.15, 0.2) is 0 Å². The lowest BCUT2D eigenvalue weighted by Crippen LogP contribution is -2.47. The van der Waals surface area contributed by atoms with Crippen molar-refractivity contribution in [3.05, 3.63) is 82.9 Å². The number of nitrogens with zero attached hydrogens (tertiary/aromatic N) is 2. The molecule has 2 aliphatic rings. The molecule has 5 heteroatoms. The molecule has 0 radical (unpaired) electrons. The van der Waals surface area contributed by atoms with Crippen LogP contribution in [0.5, 0.6) is 0 Å². The Balaban J connectivity index is 1.49. The van der Waals surface area contributed by atoms with E-state index < -0.39 is 0 Å². The van der Waals surface area contributed by atoms with Crippen LogP contribution < -0.4 is 5.43 Å². The van der Waals surface area contributed by atoms with Crippen molar-refractivity contribution < 1.29 is 9.18 Å². The van der Waals surface area contributed by atoms with Crippen molar-refractivity contribution >= 4 is 5.91 Å². The van der Waals surface area contributed by atoms with Crippen molar-refractivity contribution in [3.8, 4) is 0 Å². The van der Waals surface area contributed by atoms with Gasteiger partial charge in [0.1, 0.15) is 11.9 Å². The zero-order chi connectivity index (χ0) is 18.3. The van der Waals surface area contributed by atoms with Crippen LogP contribution in [0, 0.1) is 19.7 Å². The molecule has 2 aliphatic heterocycles. The average molecular weight is 351 g/mol. The van der Waals surface area contributed by atoms with Crippen LogP contribution in [0.4, 0.5) is 4.39 Å². The number of rotatable bonds is 3. The van der Waals surface area contributed by atoms with E-state index in [1.165, 1.54) is 28.8 Å². The first-order valence-corrected chi connectivity index (χ1v) is 8.86. The Kier molecular flexibility index (Phi) is 4.24. The van der Waals surface area contributed by atoms with Crippen LogP contribution in [0.3, 0.4) is 0 Å². The monoisotopic (exact) mass is 351 g/mol. The Hall–Kier alpha value is -2.66. The molecule has 1 fully saturated rings. The summed E-state index contributed by atoms with van der Waals surface area (Å²) < 4.78 is 13.1. The Morgan fingerprint density at radius 2 is 1.85 bits per heavy atom. The van der Waals surface area contributed by atoms with Crippen molar-refractivity contribution in [1.82, 2.24) is 15.3 Å². The quantitative estimate of drug-likeness (QED) is 0.918.